The normalized spacial score (nSPS) is 21.1. The van der Waals surface area contributed by atoms with Gasteiger partial charge >= 0.3 is 0 Å². The van der Waals surface area contributed by atoms with Gasteiger partial charge in [-0.1, -0.05) is 28.8 Å². The van der Waals surface area contributed by atoms with Crippen molar-refractivity contribution in [2.24, 2.45) is 5.73 Å². The van der Waals surface area contributed by atoms with Crippen molar-refractivity contribution in [2.75, 3.05) is 13.2 Å². The number of halogens is 1. The zero-order valence-electron chi connectivity index (χ0n) is 10.6. The molecule has 0 radical (unpaired) electrons. The molecule has 0 bridgehead atoms. The first-order chi connectivity index (χ1) is 8.62. The van der Waals surface area contributed by atoms with Crippen molar-refractivity contribution in [3.05, 3.63) is 21.7 Å². The lowest BCUT2D eigenvalue weighted by Crippen LogP contribution is -2.34. The van der Waals surface area contributed by atoms with Crippen LogP contribution in [0, 0.1) is 6.92 Å². The maximum Gasteiger partial charge on any atom is 0.165 e. The Bertz CT molecular complexity index is 481. The van der Waals surface area contributed by atoms with Gasteiger partial charge in [-0.25, -0.2) is 0 Å². The predicted octanol–water partition coefficient (Wildman–Crippen LogP) is 3.26. The molecule has 98 valence electrons. The van der Waals surface area contributed by atoms with Crippen LogP contribution in [0.4, 0.5) is 0 Å². The molecule has 3 nitrogen and oxygen atoms in total. The van der Waals surface area contributed by atoms with Gasteiger partial charge in [0.1, 0.15) is 13.2 Å². The third-order valence-corrected chi connectivity index (χ3v) is 5.05. The highest BCUT2D eigenvalue weighted by Gasteiger charge is 2.35. The fraction of sp³-hybridized carbons (Fsp3) is 0.571. The lowest BCUT2D eigenvalue weighted by Gasteiger charge is -2.29. The number of nitrogens with two attached hydrogens (primary N) is 1. The van der Waals surface area contributed by atoms with E-state index in [0.717, 1.165) is 34.4 Å². The molecule has 2 N–H and O–H groups in total. The minimum Gasteiger partial charge on any atom is -0.486 e. The molecule has 1 aliphatic carbocycles. The van der Waals surface area contributed by atoms with Crippen LogP contribution < -0.4 is 15.2 Å². The molecular weight excluding hydrogens is 294 g/mol. The van der Waals surface area contributed by atoms with Crippen molar-refractivity contribution in [3.63, 3.8) is 0 Å². The first-order valence-electron chi connectivity index (χ1n) is 6.50. The van der Waals surface area contributed by atoms with E-state index in [1.807, 2.05) is 0 Å². The molecule has 0 saturated heterocycles. The smallest absolute Gasteiger partial charge is 0.165 e. The summed E-state index contributed by atoms with van der Waals surface area (Å²) < 4.78 is 12.5. The van der Waals surface area contributed by atoms with E-state index in [1.54, 1.807) is 0 Å². The second-order valence-electron chi connectivity index (χ2n) is 5.25. The summed E-state index contributed by atoms with van der Waals surface area (Å²) in [6.45, 7) is 3.29. The summed E-state index contributed by atoms with van der Waals surface area (Å²) in [6.07, 6.45) is 4.50. The van der Waals surface area contributed by atoms with Crippen molar-refractivity contribution >= 4 is 15.9 Å². The van der Waals surface area contributed by atoms with Crippen LogP contribution in [0.25, 0.3) is 0 Å². The Morgan fingerprint density at radius 3 is 2.61 bits per heavy atom. The number of hydrogen-bond donors (Lipinski definition) is 1. The monoisotopic (exact) mass is 311 g/mol. The van der Waals surface area contributed by atoms with Crippen LogP contribution in [0.5, 0.6) is 11.5 Å². The summed E-state index contributed by atoms with van der Waals surface area (Å²) in [5, 5.41) is 0. The lowest BCUT2D eigenvalue weighted by atomic mass is 9.88. The van der Waals surface area contributed by atoms with Crippen LogP contribution in [0.3, 0.4) is 0 Å². The van der Waals surface area contributed by atoms with Gasteiger partial charge in [0.05, 0.1) is 0 Å². The van der Waals surface area contributed by atoms with Gasteiger partial charge in [0.15, 0.2) is 11.5 Å². The van der Waals surface area contributed by atoms with E-state index in [2.05, 4.69) is 28.9 Å². The fourth-order valence-electron chi connectivity index (χ4n) is 2.97. The van der Waals surface area contributed by atoms with E-state index < -0.39 is 0 Å². The summed E-state index contributed by atoms with van der Waals surface area (Å²) in [5.41, 5.74) is 8.61. The van der Waals surface area contributed by atoms with Gasteiger partial charge in [-0.2, -0.15) is 0 Å². The van der Waals surface area contributed by atoms with Crippen LogP contribution in [0.2, 0.25) is 0 Å². The van der Waals surface area contributed by atoms with Crippen molar-refractivity contribution < 1.29 is 9.47 Å². The van der Waals surface area contributed by atoms with Gasteiger partial charge in [-0.15, -0.1) is 0 Å². The van der Waals surface area contributed by atoms with Gasteiger partial charge in [0, 0.05) is 15.6 Å². The summed E-state index contributed by atoms with van der Waals surface area (Å²) in [5.74, 6) is 1.70. The summed E-state index contributed by atoms with van der Waals surface area (Å²) in [6, 6.07) is 2.07. The Hall–Kier alpha value is -0.740. The van der Waals surface area contributed by atoms with E-state index in [9.17, 15) is 0 Å². The van der Waals surface area contributed by atoms with Crippen molar-refractivity contribution in [2.45, 2.75) is 38.1 Å². The maximum absolute atomic E-state index is 6.56. The number of ether oxygens (including phenoxy) is 2. The largest absolute Gasteiger partial charge is 0.486 e. The van der Waals surface area contributed by atoms with Crippen LogP contribution in [-0.2, 0) is 5.54 Å². The SMILES string of the molecule is Cc1c(Br)c(C2(N)CCCC2)cc2c1OCCO2. The molecule has 2 aliphatic rings. The van der Waals surface area contributed by atoms with E-state index in [1.165, 1.54) is 18.4 Å². The van der Waals surface area contributed by atoms with E-state index in [-0.39, 0.29) is 5.54 Å². The molecule has 4 heteroatoms. The van der Waals surface area contributed by atoms with Gasteiger partial charge < -0.3 is 15.2 Å². The van der Waals surface area contributed by atoms with E-state index >= 15 is 0 Å². The lowest BCUT2D eigenvalue weighted by molar-refractivity contribution is 0.169. The zero-order chi connectivity index (χ0) is 12.8. The third kappa shape index (κ3) is 1.82. The molecule has 0 atom stereocenters. The molecule has 1 aliphatic heterocycles. The molecule has 1 fully saturated rings. The Balaban J connectivity index is 2.13. The number of fused-ring (bicyclic) bond motifs is 1. The number of hydrogen-bond acceptors (Lipinski definition) is 3. The minimum atomic E-state index is -0.209. The van der Waals surface area contributed by atoms with Crippen LogP contribution in [-0.4, -0.2) is 13.2 Å². The minimum absolute atomic E-state index is 0.209. The van der Waals surface area contributed by atoms with Crippen molar-refractivity contribution in [1.29, 1.82) is 0 Å². The topological polar surface area (TPSA) is 44.5 Å². The highest BCUT2D eigenvalue weighted by atomic mass is 79.9. The number of benzene rings is 1. The maximum atomic E-state index is 6.56. The molecule has 1 heterocycles. The van der Waals surface area contributed by atoms with Crippen molar-refractivity contribution in [1.82, 2.24) is 0 Å². The Morgan fingerprint density at radius 2 is 1.89 bits per heavy atom. The highest BCUT2D eigenvalue weighted by Crippen LogP contribution is 2.46. The van der Waals surface area contributed by atoms with E-state index in [4.69, 9.17) is 15.2 Å². The summed E-state index contributed by atoms with van der Waals surface area (Å²) in [7, 11) is 0. The standard InChI is InChI=1S/C14H18BrNO2/c1-9-12(15)10(14(16)4-2-3-5-14)8-11-13(9)18-7-6-17-11/h8H,2-7,16H2,1H3. The molecule has 0 unspecified atom stereocenters. The Kier molecular flexibility index (Phi) is 3.02. The molecule has 1 aromatic carbocycles. The van der Waals surface area contributed by atoms with E-state index in [0.29, 0.717) is 13.2 Å². The number of rotatable bonds is 1. The average molecular weight is 312 g/mol. The fourth-order valence-corrected chi connectivity index (χ4v) is 3.66. The Labute approximate surface area is 116 Å². The quantitative estimate of drug-likeness (QED) is 0.866. The van der Waals surface area contributed by atoms with Crippen LogP contribution >= 0.6 is 15.9 Å². The van der Waals surface area contributed by atoms with Gasteiger partial charge in [-0.3, -0.25) is 0 Å². The summed E-state index contributed by atoms with van der Waals surface area (Å²) in [4.78, 5) is 0. The Morgan fingerprint density at radius 1 is 1.22 bits per heavy atom. The molecule has 1 saturated carbocycles. The van der Waals surface area contributed by atoms with Gasteiger partial charge in [-0.05, 0) is 31.4 Å². The first-order valence-corrected chi connectivity index (χ1v) is 7.29. The van der Waals surface area contributed by atoms with Crippen LogP contribution in [0.15, 0.2) is 10.5 Å². The second-order valence-corrected chi connectivity index (χ2v) is 6.04. The second kappa shape index (κ2) is 4.42. The molecule has 0 amide bonds. The van der Waals surface area contributed by atoms with Crippen LogP contribution in [0.1, 0.15) is 36.8 Å². The molecule has 3 rings (SSSR count). The zero-order valence-corrected chi connectivity index (χ0v) is 12.2. The first kappa shape index (κ1) is 12.3. The van der Waals surface area contributed by atoms with Gasteiger partial charge in [0.2, 0.25) is 0 Å². The molecule has 0 spiro atoms. The third-order valence-electron chi connectivity index (χ3n) is 4.03. The molecule has 18 heavy (non-hydrogen) atoms. The molecular formula is C14H18BrNO2. The molecule has 0 aromatic heterocycles. The average Bonchev–Trinajstić information content (AvgIpc) is 2.82. The van der Waals surface area contributed by atoms with Crippen molar-refractivity contribution in [3.8, 4) is 11.5 Å². The molecule has 1 aromatic rings. The highest BCUT2D eigenvalue weighted by molar-refractivity contribution is 9.10. The summed E-state index contributed by atoms with van der Waals surface area (Å²) >= 11 is 3.69. The van der Waals surface area contributed by atoms with Gasteiger partial charge in [0.25, 0.3) is 0 Å². The predicted molar refractivity (Wildman–Crippen MR) is 74.2 cm³/mol.